The van der Waals surface area contributed by atoms with Crippen LogP contribution in [0.3, 0.4) is 0 Å². The van der Waals surface area contributed by atoms with Gasteiger partial charge >= 0.3 is 6.03 Å². The van der Waals surface area contributed by atoms with Crippen LogP contribution in [0.1, 0.15) is 12.8 Å². The average molecular weight is 268 g/mol. The molecule has 1 aromatic carbocycles. The summed E-state index contributed by atoms with van der Waals surface area (Å²) in [4.78, 5) is 13.9. The molecule has 18 heavy (non-hydrogen) atoms. The Balaban J connectivity index is 1.94. The van der Waals surface area contributed by atoms with Crippen LogP contribution in [0.5, 0.6) is 0 Å². The fourth-order valence-electron chi connectivity index (χ4n) is 2.14. The van der Waals surface area contributed by atoms with Gasteiger partial charge in [0.2, 0.25) is 0 Å². The first-order chi connectivity index (χ1) is 8.66. The molecule has 2 amide bonds. The van der Waals surface area contributed by atoms with E-state index in [2.05, 4.69) is 10.6 Å². The van der Waals surface area contributed by atoms with Crippen molar-refractivity contribution in [2.45, 2.75) is 18.9 Å². The second-order valence-corrected chi connectivity index (χ2v) is 4.97. The number of carbonyl (C=O) groups is 1. The molecule has 0 spiro atoms. The number of halogens is 1. The minimum Gasteiger partial charge on any atom is -0.325 e. The second kappa shape index (κ2) is 6.07. The Bertz CT molecular complexity index is 418. The standard InChI is InChI=1S/C13H18ClN3O/c1-17(12-5-7-15-8-6-12)13(18)16-11-4-2-3-10(14)9-11/h2-4,9,12,15H,5-8H2,1H3,(H,16,18). The Labute approximate surface area is 112 Å². The lowest BCUT2D eigenvalue weighted by atomic mass is 10.1. The molecule has 0 saturated carbocycles. The van der Waals surface area contributed by atoms with Crippen LogP contribution in [0.2, 0.25) is 5.02 Å². The van der Waals surface area contributed by atoms with Crippen molar-refractivity contribution in [3.8, 4) is 0 Å². The van der Waals surface area contributed by atoms with Gasteiger partial charge in [-0.05, 0) is 44.1 Å². The van der Waals surface area contributed by atoms with Crippen LogP contribution in [0.4, 0.5) is 10.5 Å². The molecule has 1 fully saturated rings. The maximum Gasteiger partial charge on any atom is 0.321 e. The highest BCUT2D eigenvalue weighted by Gasteiger charge is 2.21. The fraction of sp³-hybridized carbons (Fsp3) is 0.462. The molecule has 1 aromatic rings. The van der Waals surface area contributed by atoms with Gasteiger partial charge in [0, 0.05) is 23.8 Å². The third-order valence-electron chi connectivity index (χ3n) is 3.25. The minimum atomic E-state index is -0.0795. The maximum absolute atomic E-state index is 12.1. The Morgan fingerprint density at radius 2 is 2.17 bits per heavy atom. The highest BCUT2D eigenvalue weighted by molar-refractivity contribution is 6.30. The summed E-state index contributed by atoms with van der Waals surface area (Å²) in [6, 6.07) is 7.42. The molecular formula is C13H18ClN3O. The van der Waals surface area contributed by atoms with E-state index >= 15 is 0 Å². The van der Waals surface area contributed by atoms with Crippen molar-refractivity contribution in [3.05, 3.63) is 29.3 Å². The van der Waals surface area contributed by atoms with Gasteiger partial charge in [-0.15, -0.1) is 0 Å². The molecule has 2 rings (SSSR count). The number of piperidine rings is 1. The highest BCUT2D eigenvalue weighted by Crippen LogP contribution is 2.16. The average Bonchev–Trinajstić information content (AvgIpc) is 2.39. The van der Waals surface area contributed by atoms with Crippen LogP contribution in [0, 0.1) is 0 Å². The molecule has 0 unspecified atom stereocenters. The molecule has 1 aliphatic rings. The third kappa shape index (κ3) is 3.37. The summed E-state index contributed by atoms with van der Waals surface area (Å²) in [7, 11) is 1.84. The minimum absolute atomic E-state index is 0.0795. The molecule has 0 aromatic heterocycles. The van der Waals surface area contributed by atoms with Gasteiger partial charge in [0.25, 0.3) is 0 Å². The van der Waals surface area contributed by atoms with E-state index in [4.69, 9.17) is 11.6 Å². The van der Waals surface area contributed by atoms with Crippen molar-refractivity contribution in [1.29, 1.82) is 0 Å². The molecule has 98 valence electrons. The van der Waals surface area contributed by atoms with Crippen molar-refractivity contribution in [3.63, 3.8) is 0 Å². The van der Waals surface area contributed by atoms with Crippen molar-refractivity contribution < 1.29 is 4.79 Å². The zero-order chi connectivity index (χ0) is 13.0. The molecule has 0 bridgehead atoms. The lowest BCUT2D eigenvalue weighted by Crippen LogP contribution is -2.45. The summed E-state index contributed by atoms with van der Waals surface area (Å²) < 4.78 is 0. The number of benzene rings is 1. The zero-order valence-corrected chi connectivity index (χ0v) is 11.2. The van der Waals surface area contributed by atoms with Crippen LogP contribution in [0.15, 0.2) is 24.3 Å². The topological polar surface area (TPSA) is 44.4 Å². The molecule has 4 nitrogen and oxygen atoms in total. The molecular weight excluding hydrogens is 250 g/mol. The summed E-state index contributed by atoms with van der Waals surface area (Å²) in [6.07, 6.45) is 2.00. The first-order valence-electron chi connectivity index (χ1n) is 6.17. The van der Waals surface area contributed by atoms with E-state index in [0.717, 1.165) is 31.6 Å². The van der Waals surface area contributed by atoms with Gasteiger partial charge in [-0.3, -0.25) is 0 Å². The Kier molecular flexibility index (Phi) is 4.44. The number of nitrogens with one attached hydrogen (secondary N) is 2. The normalized spacial score (nSPS) is 16.3. The third-order valence-corrected chi connectivity index (χ3v) is 3.49. The summed E-state index contributed by atoms with van der Waals surface area (Å²) in [5.41, 5.74) is 0.730. The fourth-order valence-corrected chi connectivity index (χ4v) is 2.33. The quantitative estimate of drug-likeness (QED) is 0.865. The van der Waals surface area contributed by atoms with Gasteiger partial charge in [0.05, 0.1) is 0 Å². The van der Waals surface area contributed by atoms with E-state index in [-0.39, 0.29) is 6.03 Å². The Morgan fingerprint density at radius 3 is 2.83 bits per heavy atom. The van der Waals surface area contributed by atoms with Gasteiger partial charge in [0.1, 0.15) is 0 Å². The van der Waals surface area contributed by atoms with Gasteiger partial charge in [-0.2, -0.15) is 0 Å². The predicted molar refractivity (Wildman–Crippen MR) is 74.1 cm³/mol. The summed E-state index contributed by atoms with van der Waals surface area (Å²) in [6.45, 7) is 1.94. The van der Waals surface area contributed by atoms with Crippen LogP contribution in [-0.4, -0.2) is 37.1 Å². The van der Waals surface area contributed by atoms with E-state index in [0.29, 0.717) is 11.1 Å². The van der Waals surface area contributed by atoms with Crippen LogP contribution < -0.4 is 10.6 Å². The van der Waals surface area contributed by atoms with E-state index in [9.17, 15) is 4.79 Å². The predicted octanol–water partition coefficient (Wildman–Crippen LogP) is 2.56. The van der Waals surface area contributed by atoms with Gasteiger partial charge in [-0.1, -0.05) is 17.7 Å². The molecule has 2 N–H and O–H groups in total. The number of hydrogen-bond acceptors (Lipinski definition) is 2. The van der Waals surface area contributed by atoms with Crippen molar-refractivity contribution >= 4 is 23.3 Å². The van der Waals surface area contributed by atoms with Crippen molar-refractivity contribution in [1.82, 2.24) is 10.2 Å². The largest absolute Gasteiger partial charge is 0.325 e. The summed E-state index contributed by atoms with van der Waals surface area (Å²) >= 11 is 5.88. The van der Waals surface area contributed by atoms with E-state index in [1.807, 2.05) is 19.2 Å². The van der Waals surface area contributed by atoms with Crippen molar-refractivity contribution in [2.75, 3.05) is 25.5 Å². The lowest BCUT2D eigenvalue weighted by Gasteiger charge is -2.31. The molecule has 0 radical (unpaired) electrons. The first kappa shape index (κ1) is 13.2. The van der Waals surface area contributed by atoms with Gasteiger partial charge in [-0.25, -0.2) is 4.79 Å². The number of carbonyl (C=O) groups excluding carboxylic acids is 1. The first-order valence-corrected chi connectivity index (χ1v) is 6.55. The Morgan fingerprint density at radius 1 is 1.44 bits per heavy atom. The molecule has 1 saturated heterocycles. The lowest BCUT2D eigenvalue weighted by molar-refractivity contribution is 0.189. The molecule has 1 heterocycles. The number of rotatable bonds is 2. The zero-order valence-electron chi connectivity index (χ0n) is 10.4. The maximum atomic E-state index is 12.1. The number of urea groups is 1. The SMILES string of the molecule is CN(C(=O)Nc1cccc(Cl)c1)C1CCNCC1. The number of amides is 2. The highest BCUT2D eigenvalue weighted by atomic mass is 35.5. The Hall–Kier alpha value is -1.26. The van der Waals surface area contributed by atoms with Gasteiger partial charge in [0.15, 0.2) is 0 Å². The molecule has 0 aliphatic carbocycles. The van der Waals surface area contributed by atoms with Crippen LogP contribution in [0.25, 0.3) is 0 Å². The molecule has 1 aliphatic heterocycles. The van der Waals surface area contributed by atoms with E-state index in [1.54, 1.807) is 17.0 Å². The molecule has 5 heteroatoms. The second-order valence-electron chi connectivity index (χ2n) is 4.53. The molecule has 0 atom stereocenters. The smallest absolute Gasteiger partial charge is 0.321 e. The van der Waals surface area contributed by atoms with Crippen LogP contribution >= 0.6 is 11.6 Å². The van der Waals surface area contributed by atoms with Crippen molar-refractivity contribution in [2.24, 2.45) is 0 Å². The number of nitrogens with zero attached hydrogens (tertiary/aromatic N) is 1. The number of hydrogen-bond donors (Lipinski definition) is 2. The summed E-state index contributed by atoms with van der Waals surface area (Å²) in [5.74, 6) is 0. The van der Waals surface area contributed by atoms with E-state index in [1.165, 1.54) is 0 Å². The number of anilines is 1. The van der Waals surface area contributed by atoms with Crippen LogP contribution in [-0.2, 0) is 0 Å². The van der Waals surface area contributed by atoms with Gasteiger partial charge < -0.3 is 15.5 Å². The van der Waals surface area contributed by atoms with E-state index < -0.39 is 0 Å². The monoisotopic (exact) mass is 267 g/mol. The summed E-state index contributed by atoms with van der Waals surface area (Å²) in [5, 5.41) is 6.77.